The average molecular weight is 418 g/mol. The van der Waals surface area contributed by atoms with E-state index in [0.717, 1.165) is 33.7 Å². The number of benzene rings is 1. The van der Waals surface area contributed by atoms with Crippen LogP contribution in [0.3, 0.4) is 0 Å². The highest BCUT2D eigenvalue weighted by atomic mass is 32.2. The normalized spacial score (nSPS) is 13.2. The van der Waals surface area contributed by atoms with Crippen molar-refractivity contribution in [3.05, 3.63) is 63.8 Å². The summed E-state index contributed by atoms with van der Waals surface area (Å²) in [6.07, 6.45) is 0. The number of nitrogens with zero attached hydrogens (tertiary/aromatic N) is 2. The maximum absolute atomic E-state index is 11.2. The number of hydrogen-bond acceptors (Lipinski definition) is 8. The number of esters is 1. The Balaban J connectivity index is 0.000000208. The van der Waals surface area contributed by atoms with Crippen LogP contribution in [0.5, 0.6) is 0 Å². The molecule has 0 unspecified atom stereocenters. The summed E-state index contributed by atoms with van der Waals surface area (Å²) in [5, 5.41) is 9.96. The minimum atomic E-state index is -0.593. The van der Waals surface area contributed by atoms with E-state index in [1.807, 2.05) is 19.1 Å². The molecule has 0 saturated carbocycles. The highest BCUT2D eigenvalue weighted by Gasteiger charge is 2.35. The lowest BCUT2D eigenvalue weighted by atomic mass is 10.1. The summed E-state index contributed by atoms with van der Waals surface area (Å²) in [7, 11) is 0. The van der Waals surface area contributed by atoms with Crippen molar-refractivity contribution in [2.75, 3.05) is 13.2 Å². The SMILES string of the molecule is C=C1SC(=O)N(CC(=O)OCC)C1=O.Cc1ccc(-c2ccc([N+](=O)[O-])cc2)o1. The second-order valence-corrected chi connectivity index (χ2v) is 6.75. The highest BCUT2D eigenvalue weighted by Crippen LogP contribution is 2.28. The van der Waals surface area contributed by atoms with Crippen LogP contribution >= 0.6 is 11.8 Å². The van der Waals surface area contributed by atoms with Gasteiger partial charge in [-0.3, -0.25) is 29.4 Å². The second-order valence-electron chi connectivity index (χ2n) is 5.70. The number of rotatable bonds is 5. The molecule has 152 valence electrons. The largest absolute Gasteiger partial charge is 0.465 e. The molecule has 10 heteroatoms. The van der Waals surface area contributed by atoms with E-state index >= 15 is 0 Å². The van der Waals surface area contributed by atoms with Crippen LogP contribution in [0.2, 0.25) is 0 Å². The van der Waals surface area contributed by atoms with Crippen molar-refractivity contribution in [3.63, 3.8) is 0 Å². The van der Waals surface area contributed by atoms with Gasteiger partial charge >= 0.3 is 5.97 Å². The summed E-state index contributed by atoms with van der Waals surface area (Å²) in [4.78, 5) is 44.3. The number of amides is 2. The fraction of sp³-hybridized carbons (Fsp3) is 0.211. The smallest absolute Gasteiger partial charge is 0.326 e. The van der Waals surface area contributed by atoms with Crippen LogP contribution in [0.4, 0.5) is 10.5 Å². The average Bonchev–Trinajstić information content (AvgIpc) is 3.21. The minimum absolute atomic E-state index is 0.0852. The van der Waals surface area contributed by atoms with Crippen LogP contribution in [0.15, 0.2) is 52.3 Å². The first-order valence-corrected chi connectivity index (χ1v) is 9.24. The molecule has 1 saturated heterocycles. The molecule has 2 aromatic rings. The van der Waals surface area contributed by atoms with Gasteiger partial charge in [-0.25, -0.2) is 0 Å². The summed E-state index contributed by atoms with van der Waals surface area (Å²) in [6, 6.07) is 9.99. The number of nitro groups is 1. The zero-order valence-corrected chi connectivity index (χ0v) is 16.6. The predicted molar refractivity (Wildman–Crippen MR) is 106 cm³/mol. The lowest BCUT2D eigenvalue weighted by Gasteiger charge is -2.10. The van der Waals surface area contributed by atoms with E-state index in [9.17, 15) is 24.5 Å². The summed E-state index contributed by atoms with van der Waals surface area (Å²) >= 11 is 0.732. The van der Waals surface area contributed by atoms with Crippen molar-refractivity contribution in [1.29, 1.82) is 0 Å². The zero-order valence-electron chi connectivity index (χ0n) is 15.7. The lowest BCUT2D eigenvalue weighted by molar-refractivity contribution is -0.384. The van der Waals surface area contributed by atoms with E-state index < -0.39 is 22.0 Å². The minimum Gasteiger partial charge on any atom is -0.465 e. The Morgan fingerprint density at radius 2 is 1.90 bits per heavy atom. The Hall–Kier alpha value is -3.40. The quantitative estimate of drug-likeness (QED) is 0.310. The Bertz CT molecular complexity index is 950. The lowest BCUT2D eigenvalue weighted by Crippen LogP contribution is -2.34. The van der Waals surface area contributed by atoms with Gasteiger partial charge in [0.1, 0.15) is 18.1 Å². The number of aryl methyl sites for hydroxylation is 1. The molecule has 0 atom stereocenters. The molecule has 1 fully saturated rings. The van der Waals surface area contributed by atoms with E-state index in [4.69, 9.17) is 4.42 Å². The van der Waals surface area contributed by atoms with Gasteiger partial charge in [-0.2, -0.15) is 0 Å². The Kier molecular flexibility index (Phi) is 7.32. The summed E-state index contributed by atoms with van der Waals surface area (Å²) < 4.78 is 10.0. The number of thioether (sulfide) groups is 1. The number of carbonyl (C=O) groups is 3. The van der Waals surface area contributed by atoms with Gasteiger partial charge in [0.05, 0.1) is 16.4 Å². The van der Waals surface area contributed by atoms with Gasteiger partial charge in [0.25, 0.3) is 16.8 Å². The van der Waals surface area contributed by atoms with Gasteiger partial charge in [-0.1, -0.05) is 6.58 Å². The van der Waals surface area contributed by atoms with Crippen molar-refractivity contribution in [2.24, 2.45) is 0 Å². The van der Waals surface area contributed by atoms with Crippen LogP contribution in [-0.2, 0) is 14.3 Å². The first-order chi connectivity index (χ1) is 13.7. The monoisotopic (exact) mass is 418 g/mol. The number of hydrogen-bond donors (Lipinski definition) is 0. The van der Waals surface area contributed by atoms with Crippen molar-refractivity contribution in [3.8, 4) is 11.3 Å². The molecular formula is C19H18N2O7S. The Morgan fingerprint density at radius 3 is 2.34 bits per heavy atom. The molecule has 3 rings (SSSR count). The standard InChI is InChI=1S/C11H9NO3.C8H9NO4S/c1-8-2-7-11(15-8)9-3-5-10(6-4-9)12(13)14;1-3-13-6(10)4-9-7(11)5(2)14-8(9)12/h2-7H,1H3;2-4H2,1H3. The maximum Gasteiger partial charge on any atom is 0.326 e. The third-order valence-corrected chi connectivity index (χ3v) is 4.43. The van der Waals surface area contributed by atoms with Crippen molar-refractivity contribution < 1.29 is 28.5 Å². The number of non-ortho nitro benzene ring substituents is 1. The third-order valence-electron chi connectivity index (χ3n) is 3.61. The fourth-order valence-electron chi connectivity index (χ4n) is 2.25. The molecule has 0 radical (unpaired) electrons. The molecule has 1 aromatic heterocycles. The fourth-order valence-corrected chi connectivity index (χ4v) is 2.91. The number of imide groups is 1. The summed E-state index contributed by atoms with van der Waals surface area (Å²) in [5.74, 6) is 0.434. The second kappa shape index (κ2) is 9.69. The predicted octanol–water partition coefficient (Wildman–Crippen LogP) is 3.92. The van der Waals surface area contributed by atoms with Crippen molar-refractivity contribution in [1.82, 2.24) is 4.90 Å². The Morgan fingerprint density at radius 1 is 1.24 bits per heavy atom. The topological polar surface area (TPSA) is 120 Å². The van der Waals surface area contributed by atoms with Crippen LogP contribution in [0.1, 0.15) is 12.7 Å². The molecular weight excluding hydrogens is 400 g/mol. The van der Waals surface area contributed by atoms with Crippen molar-refractivity contribution in [2.45, 2.75) is 13.8 Å². The van der Waals surface area contributed by atoms with Crippen LogP contribution in [0.25, 0.3) is 11.3 Å². The van der Waals surface area contributed by atoms with Gasteiger partial charge in [-0.05, 0) is 49.9 Å². The molecule has 0 aliphatic carbocycles. The molecule has 9 nitrogen and oxygen atoms in total. The molecule has 1 aromatic carbocycles. The first-order valence-electron chi connectivity index (χ1n) is 8.42. The molecule has 1 aliphatic heterocycles. The van der Waals surface area contributed by atoms with Crippen LogP contribution in [0, 0.1) is 17.0 Å². The molecule has 29 heavy (non-hydrogen) atoms. The third kappa shape index (κ3) is 5.79. The van der Waals surface area contributed by atoms with Crippen LogP contribution in [-0.4, -0.2) is 40.1 Å². The first kappa shape index (κ1) is 21.9. The molecule has 0 bridgehead atoms. The zero-order chi connectivity index (χ0) is 21.6. The summed E-state index contributed by atoms with van der Waals surface area (Å²) in [5.41, 5.74) is 0.927. The van der Waals surface area contributed by atoms with Gasteiger partial charge in [0.15, 0.2) is 0 Å². The molecule has 0 spiro atoms. The number of carbonyl (C=O) groups excluding carboxylic acids is 3. The number of furan rings is 1. The van der Waals surface area contributed by atoms with Crippen LogP contribution < -0.4 is 0 Å². The summed E-state index contributed by atoms with van der Waals surface area (Å²) in [6.45, 7) is 6.79. The molecule has 2 amide bonds. The van der Waals surface area contributed by atoms with E-state index in [1.165, 1.54) is 12.1 Å². The van der Waals surface area contributed by atoms with Gasteiger partial charge in [0, 0.05) is 17.7 Å². The molecule has 2 heterocycles. The number of nitro benzene ring substituents is 1. The van der Waals surface area contributed by atoms with Gasteiger partial charge in [0.2, 0.25) is 0 Å². The van der Waals surface area contributed by atoms with E-state index in [-0.39, 0.29) is 23.7 Å². The van der Waals surface area contributed by atoms with E-state index in [0.29, 0.717) is 0 Å². The number of ether oxygens (including phenoxy) is 1. The Labute approximate surface area is 170 Å². The molecule has 0 N–H and O–H groups in total. The van der Waals surface area contributed by atoms with Gasteiger partial charge < -0.3 is 9.15 Å². The maximum atomic E-state index is 11.2. The van der Waals surface area contributed by atoms with Gasteiger partial charge in [-0.15, -0.1) is 0 Å². The van der Waals surface area contributed by atoms with E-state index in [1.54, 1.807) is 19.1 Å². The van der Waals surface area contributed by atoms with E-state index in [2.05, 4.69) is 11.3 Å². The molecule has 1 aliphatic rings. The highest BCUT2D eigenvalue weighted by molar-refractivity contribution is 8.18. The van der Waals surface area contributed by atoms with Crippen molar-refractivity contribution >= 4 is 34.6 Å².